The largest absolute Gasteiger partial charge is 0.489 e. The summed E-state index contributed by atoms with van der Waals surface area (Å²) in [5, 5.41) is 12.9. The van der Waals surface area contributed by atoms with Crippen molar-refractivity contribution in [1.82, 2.24) is 10.2 Å². The predicted molar refractivity (Wildman–Crippen MR) is 131 cm³/mol. The van der Waals surface area contributed by atoms with Gasteiger partial charge in [0.15, 0.2) is 0 Å². The van der Waals surface area contributed by atoms with E-state index >= 15 is 0 Å². The molecule has 3 aromatic rings. The Balaban J connectivity index is 1.53. The van der Waals surface area contributed by atoms with E-state index in [0.717, 1.165) is 28.9 Å². The van der Waals surface area contributed by atoms with Crippen LogP contribution in [-0.4, -0.2) is 34.6 Å². The number of amides is 2. The molecule has 1 heterocycles. The maximum atomic E-state index is 13.2. The summed E-state index contributed by atoms with van der Waals surface area (Å²) >= 11 is 0. The van der Waals surface area contributed by atoms with Crippen LogP contribution in [0.2, 0.25) is 0 Å². The molecule has 3 aromatic carbocycles. The van der Waals surface area contributed by atoms with Crippen LogP contribution >= 0.6 is 0 Å². The summed E-state index contributed by atoms with van der Waals surface area (Å²) in [4.78, 5) is 26.5. The zero-order valence-corrected chi connectivity index (χ0v) is 19.3. The zero-order chi connectivity index (χ0) is 23.9. The molecule has 4 rings (SSSR count). The van der Waals surface area contributed by atoms with Gasteiger partial charge in [-0.05, 0) is 48.6 Å². The minimum Gasteiger partial charge on any atom is -0.489 e. The molecule has 0 aliphatic carbocycles. The summed E-state index contributed by atoms with van der Waals surface area (Å²) in [5.41, 5.74) is 2.86. The molecule has 3 atom stereocenters. The summed E-state index contributed by atoms with van der Waals surface area (Å²) in [6.07, 6.45) is 0.514. The molecule has 0 bridgehead atoms. The van der Waals surface area contributed by atoms with Crippen LogP contribution in [-0.2, 0) is 11.4 Å². The highest BCUT2D eigenvalue weighted by Gasteiger charge is 2.37. The quantitative estimate of drug-likeness (QED) is 0.476. The lowest BCUT2D eigenvalue weighted by Crippen LogP contribution is -2.46. The summed E-state index contributed by atoms with van der Waals surface area (Å²) in [7, 11) is 0. The Morgan fingerprint density at radius 2 is 1.62 bits per heavy atom. The Morgan fingerprint density at radius 3 is 2.26 bits per heavy atom. The fraction of sp³-hybridized carbons (Fsp3) is 0.286. The van der Waals surface area contributed by atoms with Gasteiger partial charge in [-0.3, -0.25) is 4.79 Å². The molecule has 0 aromatic heterocycles. The lowest BCUT2D eigenvalue weighted by molar-refractivity contribution is -0.123. The number of ether oxygens (including phenoxy) is 1. The van der Waals surface area contributed by atoms with Crippen LogP contribution in [0.4, 0.5) is 4.79 Å². The van der Waals surface area contributed by atoms with E-state index in [2.05, 4.69) is 5.32 Å². The van der Waals surface area contributed by atoms with E-state index in [-0.39, 0.29) is 17.9 Å². The second-order valence-electron chi connectivity index (χ2n) is 8.65. The highest BCUT2D eigenvalue weighted by atomic mass is 16.5. The molecule has 2 N–H and O–H groups in total. The van der Waals surface area contributed by atoms with Crippen molar-refractivity contribution in [3.63, 3.8) is 0 Å². The average molecular weight is 459 g/mol. The Bertz CT molecular complexity index is 1090. The predicted octanol–water partition coefficient (Wildman–Crippen LogP) is 5.37. The number of hydrogen-bond donors (Lipinski definition) is 2. The molecule has 1 saturated heterocycles. The first-order valence-corrected chi connectivity index (χ1v) is 11.6. The normalized spacial score (nSPS) is 17.1. The number of carbonyl (C=O) groups excluding carboxylic acids is 1. The van der Waals surface area contributed by atoms with E-state index in [1.54, 1.807) is 0 Å². The van der Waals surface area contributed by atoms with Crippen LogP contribution in [0.1, 0.15) is 48.4 Å². The van der Waals surface area contributed by atoms with E-state index in [9.17, 15) is 14.7 Å². The van der Waals surface area contributed by atoms with Crippen molar-refractivity contribution in [3.05, 3.63) is 102 Å². The van der Waals surface area contributed by atoms with Crippen LogP contribution in [0, 0.1) is 0 Å². The minimum atomic E-state index is -0.958. The highest BCUT2D eigenvalue weighted by molar-refractivity contribution is 5.83. The number of carbonyl (C=O) groups is 2. The molecule has 6 nitrogen and oxygen atoms in total. The molecule has 1 aliphatic heterocycles. The molecule has 2 amide bonds. The van der Waals surface area contributed by atoms with Crippen LogP contribution in [0.3, 0.4) is 0 Å². The van der Waals surface area contributed by atoms with Crippen molar-refractivity contribution in [2.75, 3.05) is 6.54 Å². The van der Waals surface area contributed by atoms with Crippen molar-refractivity contribution < 1.29 is 19.4 Å². The number of likely N-dealkylation sites (tertiary alicyclic amines) is 1. The lowest BCUT2D eigenvalue weighted by Gasteiger charge is -2.32. The van der Waals surface area contributed by atoms with Crippen LogP contribution < -0.4 is 10.1 Å². The third kappa shape index (κ3) is 5.57. The van der Waals surface area contributed by atoms with Gasteiger partial charge < -0.3 is 20.1 Å². The molecule has 0 saturated carbocycles. The van der Waals surface area contributed by atoms with E-state index in [4.69, 9.17) is 4.74 Å². The van der Waals surface area contributed by atoms with E-state index in [0.29, 0.717) is 19.6 Å². The second kappa shape index (κ2) is 10.9. The Hall–Kier alpha value is -3.80. The first-order valence-electron chi connectivity index (χ1n) is 11.6. The van der Waals surface area contributed by atoms with Crippen molar-refractivity contribution in [3.8, 4) is 5.75 Å². The zero-order valence-electron chi connectivity index (χ0n) is 19.3. The number of hydrogen-bond acceptors (Lipinski definition) is 3. The molecule has 176 valence electrons. The number of nitrogens with zero attached hydrogens (tertiary/aromatic N) is 1. The maximum Gasteiger partial charge on any atom is 0.407 e. The topological polar surface area (TPSA) is 78.9 Å². The molecule has 34 heavy (non-hydrogen) atoms. The summed E-state index contributed by atoms with van der Waals surface area (Å²) in [6.45, 7) is 2.80. The summed E-state index contributed by atoms with van der Waals surface area (Å²) in [6, 6.07) is 26.3. The van der Waals surface area contributed by atoms with Crippen LogP contribution in [0.25, 0.3) is 0 Å². The van der Waals surface area contributed by atoms with Crippen molar-refractivity contribution in [1.29, 1.82) is 0 Å². The van der Waals surface area contributed by atoms with Gasteiger partial charge in [0.1, 0.15) is 12.4 Å². The molecule has 0 spiro atoms. The van der Waals surface area contributed by atoms with Crippen LogP contribution in [0.15, 0.2) is 84.9 Å². The van der Waals surface area contributed by atoms with E-state index in [1.807, 2.05) is 91.9 Å². The molecule has 6 heteroatoms. The first-order chi connectivity index (χ1) is 16.5. The van der Waals surface area contributed by atoms with Crippen molar-refractivity contribution in [2.45, 2.75) is 44.4 Å². The second-order valence-corrected chi connectivity index (χ2v) is 8.65. The van der Waals surface area contributed by atoms with Crippen molar-refractivity contribution in [2.24, 2.45) is 0 Å². The van der Waals surface area contributed by atoms with Crippen molar-refractivity contribution >= 4 is 12.0 Å². The molecule has 0 radical (unpaired) electrons. The molecule has 1 unspecified atom stereocenters. The van der Waals surface area contributed by atoms with Gasteiger partial charge in [-0.1, -0.05) is 72.8 Å². The molecular weight excluding hydrogens is 428 g/mol. The first kappa shape index (κ1) is 23.4. The maximum absolute atomic E-state index is 13.2. The van der Waals surface area contributed by atoms with Gasteiger partial charge in [0.2, 0.25) is 5.91 Å². The third-order valence-corrected chi connectivity index (χ3v) is 6.41. The van der Waals surface area contributed by atoms with Gasteiger partial charge in [0.05, 0.1) is 18.0 Å². The number of nitrogens with one attached hydrogen (secondary N) is 1. The summed E-state index contributed by atoms with van der Waals surface area (Å²) < 4.78 is 5.90. The summed E-state index contributed by atoms with van der Waals surface area (Å²) in [5.74, 6) is 0.242. The SMILES string of the molecule is C[C@H](C(=O)N[C@H](c1ccc(OCc2ccccc2)cc1)C1CCCN1C(=O)O)c1ccccc1. The van der Waals surface area contributed by atoms with Gasteiger partial charge in [0, 0.05) is 6.54 Å². The fourth-order valence-electron chi connectivity index (χ4n) is 4.46. The number of benzene rings is 3. The van der Waals surface area contributed by atoms with Crippen LogP contribution in [0.5, 0.6) is 5.75 Å². The lowest BCUT2D eigenvalue weighted by atomic mass is 9.94. The number of carboxylic acid groups (broad SMARTS) is 1. The van der Waals surface area contributed by atoms with Gasteiger partial charge in [0.25, 0.3) is 0 Å². The van der Waals surface area contributed by atoms with E-state index < -0.39 is 12.1 Å². The van der Waals surface area contributed by atoms with Gasteiger partial charge in [-0.25, -0.2) is 4.79 Å². The monoisotopic (exact) mass is 458 g/mol. The average Bonchev–Trinajstić information content (AvgIpc) is 3.37. The highest BCUT2D eigenvalue weighted by Crippen LogP contribution is 2.31. The van der Waals surface area contributed by atoms with E-state index in [1.165, 1.54) is 4.90 Å². The molecular formula is C28H30N2O4. The third-order valence-electron chi connectivity index (χ3n) is 6.41. The minimum absolute atomic E-state index is 0.127. The fourth-order valence-corrected chi connectivity index (χ4v) is 4.46. The van der Waals surface area contributed by atoms with Gasteiger partial charge in [-0.15, -0.1) is 0 Å². The standard InChI is InChI=1S/C28H30N2O4/c1-20(22-11-6-3-7-12-22)27(31)29-26(25-13-8-18-30(25)28(32)33)23-14-16-24(17-15-23)34-19-21-9-4-2-5-10-21/h2-7,9-12,14-17,20,25-26H,8,13,18-19H2,1H3,(H,29,31)(H,32,33)/t20-,25?,26+/m0/s1. The molecule has 1 aliphatic rings. The Morgan fingerprint density at radius 1 is 0.971 bits per heavy atom. The Kier molecular flexibility index (Phi) is 7.48. The number of rotatable bonds is 8. The Labute approximate surface area is 200 Å². The molecule has 1 fully saturated rings. The smallest absolute Gasteiger partial charge is 0.407 e. The van der Waals surface area contributed by atoms with Gasteiger partial charge in [-0.2, -0.15) is 0 Å². The van der Waals surface area contributed by atoms with Gasteiger partial charge >= 0.3 is 6.09 Å².